The first-order chi connectivity index (χ1) is 6.74. The Bertz CT molecular complexity index is 368. The lowest BCUT2D eigenvalue weighted by atomic mass is 10.1. The molecule has 0 amide bonds. The van der Waals surface area contributed by atoms with Gasteiger partial charge in [-0.3, -0.25) is 0 Å². The standard InChI is InChI=1S/C10H14N2O2/c1-2-7-9(10(13)14)12-6-4-3-5-8(12)11-7/h2-6H2,1H3,(H,13,14)/p-1. The average molecular weight is 193 g/mol. The van der Waals surface area contributed by atoms with Crippen molar-refractivity contribution in [3.05, 3.63) is 17.2 Å². The number of carboxylic acid groups (broad SMARTS) is 1. The van der Waals surface area contributed by atoms with E-state index in [1.165, 1.54) is 0 Å². The van der Waals surface area contributed by atoms with E-state index in [4.69, 9.17) is 0 Å². The Labute approximate surface area is 82.6 Å². The number of aromatic carboxylic acids is 1. The van der Waals surface area contributed by atoms with Gasteiger partial charge in [-0.15, -0.1) is 0 Å². The minimum absolute atomic E-state index is 0.294. The Morgan fingerprint density at radius 1 is 1.57 bits per heavy atom. The van der Waals surface area contributed by atoms with Gasteiger partial charge in [0.1, 0.15) is 5.82 Å². The van der Waals surface area contributed by atoms with Gasteiger partial charge >= 0.3 is 0 Å². The van der Waals surface area contributed by atoms with E-state index >= 15 is 0 Å². The molecule has 1 aliphatic rings. The number of fused-ring (bicyclic) bond motifs is 1. The highest BCUT2D eigenvalue weighted by molar-refractivity contribution is 5.85. The van der Waals surface area contributed by atoms with Crippen molar-refractivity contribution in [2.75, 3.05) is 0 Å². The molecule has 0 bridgehead atoms. The van der Waals surface area contributed by atoms with Crippen LogP contribution in [0, 0.1) is 0 Å². The molecule has 0 aliphatic carbocycles. The first kappa shape index (κ1) is 9.24. The molecule has 14 heavy (non-hydrogen) atoms. The summed E-state index contributed by atoms with van der Waals surface area (Å²) in [5.41, 5.74) is 0.962. The normalized spacial score (nSPS) is 15.2. The maximum atomic E-state index is 10.9. The molecule has 1 aromatic rings. The van der Waals surface area contributed by atoms with Crippen molar-refractivity contribution in [3.63, 3.8) is 0 Å². The van der Waals surface area contributed by atoms with Crippen molar-refractivity contribution in [1.82, 2.24) is 9.55 Å². The third-order valence-electron chi connectivity index (χ3n) is 2.68. The molecular formula is C10H13N2O2-. The van der Waals surface area contributed by atoms with Crippen LogP contribution in [0.3, 0.4) is 0 Å². The van der Waals surface area contributed by atoms with Crippen LogP contribution in [0.4, 0.5) is 0 Å². The maximum absolute atomic E-state index is 10.9. The molecule has 2 heterocycles. The number of carbonyl (C=O) groups excluding carboxylic acids is 1. The quantitative estimate of drug-likeness (QED) is 0.671. The summed E-state index contributed by atoms with van der Waals surface area (Å²) in [5, 5.41) is 10.9. The summed E-state index contributed by atoms with van der Waals surface area (Å²) in [4.78, 5) is 15.3. The molecule has 2 rings (SSSR count). The lowest BCUT2D eigenvalue weighted by Gasteiger charge is -2.16. The van der Waals surface area contributed by atoms with Crippen LogP contribution in [-0.2, 0) is 19.4 Å². The van der Waals surface area contributed by atoms with E-state index < -0.39 is 5.97 Å². The molecule has 1 aliphatic heterocycles. The minimum atomic E-state index is -1.09. The van der Waals surface area contributed by atoms with Crippen LogP contribution < -0.4 is 5.11 Å². The average Bonchev–Trinajstić information content (AvgIpc) is 2.55. The molecule has 76 valence electrons. The number of rotatable bonds is 2. The highest BCUT2D eigenvalue weighted by atomic mass is 16.4. The fourth-order valence-electron chi connectivity index (χ4n) is 2.01. The smallest absolute Gasteiger partial charge is 0.109 e. The van der Waals surface area contributed by atoms with Crippen molar-refractivity contribution < 1.29 is 9.90 Å². The molecule has 0 spiro atoms. The molecule has 0 saturated carbocycles. The number of aryl methyl sites for hydroxylation is 2. The fraction of sp³-hybridized carbons (Fsp3) is 0.600. The van der Waals surface area contributed by atoms with Gasteiger partial charge in [-0.05, 0) is 19.3 Å². The number of imidazole rings is 1. The van der Waals surface area contributed by atoms with E-state index in [9.17, 15) is 9.90 Å². The van der Waals surface area contributed by atoms with Crippen molar-refractivity contribution >= 4 is 5.97 Å². The molecule has 0 aromatic carbocycles. The molecule has 0 radical (unpaired) electrons. The van der Waals surface area contributed by atoms with Crippen molar-refractivity contribution in [2.45, 2.75) is 39.2 Å². The maximum Gasteiger partial charge on any atom is 0.109 e. The Kier molecular flexibility index (Phi) is 2.27. The van der Waals surface area contributed by atoms with E-state index in [1.54, 1.807) is 4.57 Å². The summed E-state index contributed by atoms with van der Waals surface area (Å²) in [5.74, 6) is -0.185. The first-order valence-electron chi connectivity index (χ1n) is 5.03. The van der Waals surface area contributed by atoms with Crippen molar-refractivity contribution in [1.29, 1.82) is 0 Å². The van der Waals surface area contributed by atoms with Crippen LogP contribution in [-0.4, -0.2) is 15.5 Å². The minimum Gasteiger partial charge on any atom is -0.543 e. The summed E-state index contributed by atoms with van der Waals surface area (Å²) >= 11 is 0. The number of carbonyl (C=O) groups is 1. The monoisotopic (exact) mass is 193 g/mol. The summed E-state index contributed by atoms with van der Waals surface area (Å²) < 4.78 is 1.80. The van der Waals surface area contributed by atoms with Crippen LogP contribution in [0.15, 0.2) is 0 Å². The highest BCUT2D eigenvalue weighted by Gasteiger charge is 2.18. The molecule has 4 heteroatoms. The van der Waals surface area contributed by atoms with E-state index in [-0.39, 0.29) is 0 Å². The predicted molar refractivity (Wildman–Crippen MR) is 48.9 cm³/mol. The largest absolute Gasteiger partial charge is 0.543 e. The first-order valence-corrected chi connectivity index (χ1v) is 5.03. The van der Waals surface area contributed by atoms with Crippen LogP contribution in [0.2, 0.25) is 0 Å². The summed E-state index contributed by atoms with van der Waals surface area (Å²) in [6.07, 6.45) is 3.68. The second kappa shape index (κ2) is 3.44. The molecule has 0 unspecified atom stereocenters. The van der Waals surface area contributed by atoms with Gasteiger partial charge in [-0.25, -0.2) is 4.98 Å². The van der Waals surface area contributed by atoms with Gasteiger partial charge in [0.15, 0.2) is 0 Å². The van der Waals surface area contributed by atoms with Crippen molar-refractivity contribution in [2.24, 2.45) is 0 Å². The summed E-state index contributed by atoms with van der Waals surface area (Å²) in [7, 11) is 0. The third kappa shape index (κ3) is 1.31. The van der Waals surface area contributed by atoms with Crippen LogP contribution >= 0.6 is 0 Å². The fourth-order valence-corrected chi connectivity index (χ4v) is 2.01. The number of nitrogens with zero attached hydrogens (tertiary/aromatic N) is 2. The highest BCUT2D eigenvalue weighted by Crippen LogP contribution is 2.19. The van der Waals surface area contributed by atoms with Crippen molar-refractivity contribution in [3.8, 4) is 0 Å². The lowest BCUT2D eigenvalue weighted by molar-refractivity contribution is -0.255. The number of hydrogen-bond donors (Lipinski definition) is 0. The third-order valence-corrected chi connectivity index (χ3v) is 2.68. The lowest BCUT2D eigenvalue weighted by Crippen LogP contribution is -2.28. The van der Waals surface area contributed by atoms with E-state index in [2.05, 4.69) is 4.98 Å². The predicted octanol–water partition coefficient (Wildman–Crippen LogP) is 0.145. The van der Waals surface area contributed by atoms with Gasteiger partial charge in [0.05, 0.1) is 17.4 Å². The van der Waals surface area contributed by atoms with E-state index in [1.807, 2.05) is 6.92 Å². The zero-order valence-electron chi connectivity index (χ0n) is 8.25. The molecular weight excluding hydrogens is 180 g/mol. The number of aromatic nitrogens is 2. The van der Waals surface area contributed by atoms with Gasteiger partial charge in [-0.2, -0.15) is 0 Å². The molecule has 1 aromatic heterocycles. The Morgan fingerprint density at radius 2 is 2.36 bits per heavy atom. The van der Waals surface area contributed by atoms with Crippen LogP contribution in [0.5, 0.6) is 0 Å². The molecule has 0 saturated heterocycles. The zero-order valence-corrected chi connectivity index (χ0v) is 8.25. The molecule has 0 N–H and O–H groups in total. The van der Waals surface area contributed by atoms with Crippen LogP contribution in [0.1, 0.15) is 41.8 Å². The topological polar surface area (TPSA) is 58.0 Å². The molecule has 4 nitrogen and oxygen atoms in total. The summed E-state index contributed by atoms with van der Waals surface area (Å²) in [6, 6.07) is 0. The Hall–Kier alpha value is -1.32. The second-order valence-corrected chi connectivity index (χ2v) is 3.57. The van der Waals surface area contributed by atoms with E-state index in [0.29, 0.717) is 17.8 Å². The number of carboxylic acids is 1. The van der Waals surface area contributed by atoms with Gasteiger partial charge in [0, 0.05) is 13.0 Å². The molecule has 0 atom stereocenters. The Morgan fingerprint density at radius 3 is 3.00 bits per heavy atom. The second-order valence-electron chi connectivity index (χ2n) is 3.57. The zero-order chi connectivity index (χ0) is 10.1. The van der Waals surface area contributed by atoms with Gasteiger partial charge < -0.3 is 14.5 Å². The van der Waals surface area contributed by atoms with E-state index in [0.717, 1.165) is 31.6 Å². The van der Waals surface area contributed by atoms with Crippen LogP contribution in [0.25, 0.3) is 0 Å². The van der Waals surface area contributed by atoms with Gasteiger partial charge in [-0.1, -0.05) is 6.92 Å². The summed E-state index contributed by atoms with van der Waals surface area (Å²) in [6.45, 7) is 2.69. The van der Waals surface area contributed by atoms with Gasteiger partial charge in [0.2, 0.25) is 0 Å². The molecule has 0 fully saturated rings. The SMILES string of the molecule is CCc1nc2n(c1C(=O)[O-])CCCC2. The Balaban J connectivity index is 2.53. The number of hydrogen-bond acceptors (Lipinski definition) is 3. The van der Waals surface area contributed by atoms with Gasteiger partial charge in [0.25, 0.3) is 0 Å².